The van der Waals surface area contributed by atoms with E-state index in [1.807, 2.05) is 65.0 Å². The Kier molecular flexibility index (Phi) is 4.17. The summed E-state index contributed by atoms with van der Waals surface area (Å²) in [6.07, 6.45) is 0. The molecule has 0 aliphatic rings. The second-order valence-corrected chi connectivity index (χ2v) is 6.11. The molecular formula is C15H23NO2. The number of nitrogens with two attached hydrogens (primary N) is 1. The fraction of sp³-hybridized carbons (Fsp3) is 0.533. The van der Waals surface area contributed by atoms with Gasteiger partial charge in [0.15, 0.2) is 0 Å². The number of hydrogen-bond acceptors (Lipinski definition) is 3. The molecule has 0 aliphatic carbocycles. The van der Waals surface area contributed by atoms with E-state index in [1.54, 1.807) is 0 Å². The lowest BCUT2D eigenvalue weighted by molar-refractivity contribution is -0.167. The second-order valence-electron chi connectivity index (χ2n) is 6.11. The zero-order valence-corrected chi connectivity index (χ0v) is 11.9. The van der Waals surface area contributed by atoms with Crippen LogP contribution in [0.1, 0.15) is 46.2 Å². The molecule has 1 rings (SSSR count). The first-order chi connectivity index (χ1) is 8.14. The Balaban J connectivity index is 2.89. The van der Waals surface area contributed by atoms with Gasteiger partial charge in [-0.2, -0.15) is 0 Å². The summed E-state index contributed by atoms with van der Waals surface area (Å²) in [5, 5.41) is 0. The van der Waals surface area contributed by atoms with Gasteiger partial charge in [-0.25, -0.2) is 0 Å². The summed E-state index contributed by atoms with van der Waals surface area (Å²) in [7, 11) is 0. The van der Waals surface area contributed by atoms with Gasteiger partial charge in [0.25, 0.3) is 0 Å². The van der Waals surface area contributed by atoms with Crippen LogP contribution in [-0.2, 0) is 9.53 Å². The number of ether oxygens (including phenoxy) is 1. The van der Waals surface area contributed by atoms with E-state index in [2.05, 4.69) is 0 Å². The number of rotatable bonds is 3. The predicted molar refractivity (Wildman–Crippen MR) is 73.0 cm³/mol. The average Bonchev–Trinajstić information content (AvgIpc) is 2.27. The normalized spacial score (nSPS) is 14.1. The highest BCUT2D eigenvalue weighted by Crippen LogP contribution is 2.33. The molecule has 0 fully saturated rings. The van der Waals surface area contributed by atoms with Crippen LogP contribution < -0.4 is 5.73 Å². The highest BCUT2D eigenvalue weighted by molar-refractivity contribution is 5.77. The van der Waals surface area contributed by atoms with Crippen molar-refractivity contribution in [3.8, 4) is 0 Å². The standard InChI is InChI=1S/C15H23NO2/c1-14(2,3)18-13(17)15(4,5)12(16)11-9-7-6-8-10-11/h6-10,12H,16H2,1-5H3/t12-/m1/s1. The van der Waals surface area contributed by atoms with E-state index in [1.165, 1.54) is 0 Å². The van der Waals surface area contributed by atoms with Crippen molar-refractivity contribution in [2.45, 2.75) is 46.3 Å². The smallest absolute Gasteiger partial charge is 0.313 e. The minimum absolute atomic E-state index is 0.272. The van der Waals surface area contributed by atoms with Crippen LogP contribution in [0.4, 0.5) is 0 Å². The fourth-order valence-corrected chi connectivity index (χ4v) is 1.61. The molecule has 0 saturated carbocycles. The van der Waals surface area contributed by atoms with Crippen LogP contribution >= 0.6 is 0 Å². The molecule has 3 heteroatoms. The van der Waals surface area contributed by atoms with Crippen molar-refractivity contribution in [3.63, 3.8) is 0 Å². The molecule has 0 bridgehead atoms. The first-order valence-corrected chi connectivity index (χ1v) is 6.18. The SMILES string of the molecule is CC(C)(C)OC(=O)C(C)(C)[C@H](N)c1ccccc1. The van der Waals surface area contributed by atoms with Crippen molar-refractivity contribution >= 4 is 5.97 Å². The van der Waals surface area contributed by atoms with E-state index >= 15 is 0 Å². The maximum absolute atomic E-state index is 12.2. The third-order valence-corrected chi connectivity index (χ3v) is 2.86. The summed E-state index contributed by atoms with van der Waals surface area (Å²) >= 11 is 0. The molecule has 18 heavy (non-hydrogen) atoms. The Morgan fingerprint density at radius 2 is 1.61 bits per heavy atom. The van der Waals surface area contributed by atoms with Crippen LogP contribution in [0.3, 0.4) is 0 Å². The quantitative estimate of drug-likeness (QED) is 0.838. The summed E-state index contributed by atoms with van der Waals surface area (Å²) in [4.78, 5) is 12.2. The van der Waals surface area contributed by atoms with Gasteiger partial charge in [-0.05, 0) is 40.2 Å². The molecule has 0 aromatic heterocycles. The zero-order chi connectivity index (χ0) is 14.0. The lowest BCUT2D eigenvalue weighted by Gasteiger charge is -2.33. The minimum Gasteiger partial charge on any atom is -0.460 e. The fourth-order valence-electron chi connectivity index (χ4n) is 1.61. The highest BCUT2D eigenvalue weighted by atomic mass is 16.6. The minimum atomic E-state index is -0.755. The zero-order valence-electron chi connectivity index (χ0n) is 11.9. The van der Waals surface area contributed by atoms with E-state index in [4.69, 9.17) is 10.5 Å². The van der Waals surface area contributed by atoms with E-state index in [9.17, 15) is 4.79 Å². The lowest BCUT2D eigenvalue weighted by Crippen LogP contribution is -2.41. The summed E-state index contributed by atoms with van der Waals surface area (Å²) < 4.78 is 5.43. The van der Waals surface area contributed by atoms with Crippen molar-refractivity contribution in [1.29, 1.82) is 0 Å². The molecule has 1 atom stereocenters. The van der Waals surface area contributed by atoms with Crippen molar-refractivity contribution in [3.05, 3.63) is 35.9 Å². The first kappa shape index (κ1) is 14.7. The van der Waals surface area contributed by atoms with E-state index in [0.717, 1.165) is 5.56 Å². The Hall–Kier alpha value is -1.35. The summed E-state index contributed by atoms with van der Waals surface area (Å²) in [5.41, 5.74) is 5.88. The number of hydrogen-bond donors (Lipinski definition) is 1. The van der Waals surface area contributed by atoms with E-state index < -0.39 is 11.0 Å². The molecule has 0 unspecified atom stereocenters. The molecule has 1 aromatic carbocycles. The Morgan fingerprint density at radius 3 is 2.06 bits per heavy atom. The molecular weight excluding hydrogens is 226 g/mol. The number of carbonyl (C=O) groups excluding carboxylic acids is 1. The largest absolute Gasteiger partial charge is 0.460 e. The van der Waals surface area contributed by atoms with Gasteiger partial charge < -0.3 is 10.5 Å². The van der Waals surface area contributed by atoms with Gasteiger partial charge in [-0.3, -0.25) is 4.79 Å². The van der Waals surface area contributed by atoms with Gasteiger partial charge in [0.2, 0.25) is 0 Å². The summed E-state index contributed by atoms with van der Waals surface area (Å²) in [6, 6.07) is 9.24. The lowest BCUT2D eigenvalue weighted by atomic mass is 9.81. The van der Waals surface area contributed by atoms with Crippen LogP contribution in [0.2, 0.25) is 0 Å². The Labute approximate surface area is 109 Å². The third-order valence-electron chi connectivity index (χ3n) is 2.86. The van der Waals surface area contributed by atoms with Crippen molar-refractivity contribution in [2.24, 2.45) is 11.1 Å². The summed E-state index contributed by atoms with van der Waals surface area (Å²) in [5.74, 6) is -0.272. The highest BCUT2D eigenvalue weighted by Gasteiger charge is 2.38. The van der Waals surface area contributed by atoms with Crippen LogP contribution in [0.15, 0.2) is 30.3 Å². The molecule has 1 aromatic rings. The Morgan fingerprint density at radius 1 is 1.11 bits per heavy atom. The van der Waals surface area contributed by atoms with Gasteiger partial charge in [-0.15, -0.1) is 0 Å². The molecule has 0 aliphatic heterocycles. The molecule has 0 amide bonds. The van der Waals surface area contributed by atoms with Gasteiger partial charge in [0.05, 0.1) is 5.41 Å². The van der Waals surface area contributed by atoms with Crippen molar-refractivity contribution in [2.75, 3.05) is 0 Å². The summed E-state index contributed by atoms with van der Waals surface area (Å²) in [6.45, 7) is 9.20. The first-order valence-electron chi connectivity index (χ1n) is 6.18. The molecule has 0 radical (unpaired) electrons. The van der Waals surface area contributed by atoms with Gasteiger partial charge >= 0.3 is 5.97 Å². The van der Waals surface area contributed by atoms with Crippen LogP contribution in [0.25, 0.3) is 0 Å². The maximum Gasteiger partial charge on any atom is 0.313 e. The number of benzene rings is 1. The second kappa shape index (κ2) is 5.11. The van der Waals surface area contributed by atoms with Crippen molar-refractivity contribution in [1.82, 2.24) is 0 Å². The molecule has 0 saturated heterocycles. The Bertz CT molecular complexity index is 404. The molecule has 2 N–H and O–H groups in total. The third kappa shape index (κ3) is 3.57. The molecule has 3 nitrogen and oxygen atoms in total. The predicted octanol–water partition coefficient (Wildman–Crippen LogP) is 3.05. The molecule has 0 heterocycles. The monoisotopic (exact) mass is 249 g/mol. The van der Waals surface area contributed by atoms with Crippen LogP contribution in [-0.4, -0.2) is 11.6 Å². The molecule has 100 valence electrons. The number of carbonyl (C=O) groups is 1. The van der Waals surface area contributed by atoms with E-state index in [-0.39, 0.29) is 12.0 Å². The molecule has 0 spiro atoms. The van der Waals surface area contributed by atoms with Gasteiger partial charge in [0, 0.05) is 6.04 Å². The van der Waals surface area contributed by atoms with Gasteiger partial charge in [0.1, 0.15) is 5.60 Å². The topological polar surface area (TPSA) is 52.3 Å². The van der Waals surface area contributed by atoms with E-state index in [0.29, 0.717) is 0 Å². The van der Waals surface area contributed by atoms with Crippen LogP contribution in [0, 0.1) is 5.41 Å². The van der Waals surface area contributed by atoms with Crippen LogP contribution in [0.5, 0.6) is 0 Å². The number of esters is 1. The maximum atomic E-state index is 12.2. The van der Waals surface area contributed by atoms with Crippen molar-refractivity contribution < 1.29 is 9.53 Å². The van der Waals surface area contributed by atoms with Gasteiger partial charge in [-0.1, -0.05) is 30.3 Å². The average molecular weight is 249 g/mol.